The highest BCUT2D eigenvalue weighted by Gasteiger charge is 2.31. The zero-order valence-corrected chi connectivity index (χ0v) is 19.0. The standard InChI is InChI=1S/C23H27N3O5S/c1-13-7-8-16-15(11-13)25-21(28)17(31-16)12-19(27)26-23-20(22(29)24-9-10-30-2)14-5-3-4-6-18(14)32-23/h7-8,11,17H,3-6,9-10,12H2,1-2H3,(H,24,29)(H,25,28)(H,26,27). The third-order valence-electron chi connectivity index (χ3n) is 5.57. The summed E-state index contributed by atoms with van der Waals surface area (Å²) in [6, 6.07) is 5.50. The molecule has 1 aromatic heterocycles. The van der Waals surface area contributed by atoms with Crippen LogP contribution in [0.5, 0.6) is 5.75 Å². The lowest BCUT2D eigenvalue weighted by atomic mass is 9.95. The number of methoxy groups -OCH3 is 1. The molecule has 0 radical (unpaired) electrons. The topological polar surface area (TPSA) is 106 Å². The zero-order chi connectivity index (χ0) is 22.7. The normalized spacial score (nSPS) is 16.9. The Morgan fingerprint density at radius 3 is 2.91 bits per heavy atom. The molecule has 3 amide bonds. The summed E-state index contributed by atoms with van der Waals surface area (Å²) in [5.41, 5.74) is 3.15. The number of fused-ring (bicyclic) bond motifs is 2. The Bertz CT molecular complexity index is 1050. The zero-order valence-electron chi connectivity index (χ0n) is 18.2. The number of nitrogens with one attached hydrogen (secondary N) is 3. The van der Waals surface area contributed by atoms with E-state index in [1.54, 1.807) is 13.2 Å². The van der Waals surface area contributed by atoms with Crippen molar-refractivity contribution in [3.8, 4) is 5.75 Å². The molecular formula is C23H27N3O5S. The second-order valence-corrected chi connectivity index (χ2v) is 9.12. The number of ether oxygens (including phenoxy) is 2. The van der Waals surface area contributed by atoms with Crippen LogP contribution in [0.1, 0.15) is 45.6 Å². The molecule has 0 saturated carbocycles. The molecule has 0 bridgehead atoms. The van der Waals surface area contributed by atoms with Gasteiger partial charge in [-0.3, -0.25) is 14.4 Å². The van der Waals surface area contributed by atoms with Crippen LogP contribution in [0, 0.1) is 6.92 Å². The van der Waals surface area contributed by atoms with E-state index in [0.29, 0.717) is 35.2 Å². The van der Waals surface area contributed by atoms with E-state index in [1.165, 1.54) is 11.3 Å². The number of aryl methyl sites for hydroxylation is 2. The van der Waals surface area contributed by atoms with Crippen molar-refractivity contribution in [1.82, 2.24) is 5.32 Å². The quantitative estimate of drug-likeness (QED) is 0.554. The van der Waals surface area contributed by atoms with Crippen LogP contribution in [0.2, 0.25) is 0 Å². The van der Waals surface area contributed by atoms with Gasteiger partial charge in [0.1, 0.15) is 10.8 Å². The predicted molar refractivity (Wildman–Crippen MR) is 123 cm³/mol. The minimum absolute atomic E-state index is 0.146. The van der Waals surface area contributed by atoms with Gasteiger partial charge in [-0.15, -0.1) is 11.3 Å². The van der Waals surface area contributed by atoms with Crippen molar-refractivity contribution in [1.29, 1.82) is 0 Å². The first-order chi connectivity index (χ1) is 15.5. The monoisotopic (exact) mass is 457 g/mol. The van der Waals surface area contributed by atoms with E-state index >= 15 is 0 Å². The number of anilines is 2. The van der Waals surface area contributed by atoms with Gasteiger partial charge in [-0.05, 0) is 55.9 Å². The number of hydrogen-bond donors (Lipinski definition) is 3. The Hall–Kier alpha value is -2.91. The number of carbonyl (C=O) groups excluding carboxylic acids is 3. The molecule has 1 aliphatic carbocycles. The third-order valence-corrected chi connectivity index (χ3v) is 6.78. The number of benzene rings is 1. The van der Waals surface area contributed by atoms with Crippen LogP contribution >= 0.6 is 11.3 Å². The number of carbonyl (C=O) groups is 3. The van der Waals surface area contributed by atoms with Gasteiger partial charge in [-0.2, -0.15) is 0 Å². The summed E-state index contributed by atoms with van der Waals surface area (Å²) in [6.07, 6.45) is 2.73. The highest BCUT2D eigenvalue weighted by Crippen LogP contribution is 2.38. The van der Waals surface area contributed by atoms with Crippen molar-refractivity contribution >= 4 is 39.7 Å². The van der Waals surface area contributed by atoms with Crippen molar-refractivity contribution in [2.45, 2.75) is 45.1 Å². The second-order valence-electron chi connectivity index (χ2n) is 8.01. The largest absolute Gasteiger partial charge is 0.478 e. The van der Waals surface area contributed by atoms with Crippen LogP contribution in [0.4, 0.5) is 10.7 Å². The summed E-state index contributed by atoms with van der Waals surface area (Å²) in [5, 5.41) is 9.06. The third kappa shape index (κ3) is 4.78. The van der Waals surface area contributed by atoms with Gasteiger partial charge in [0.15, 0.2) is 6.10 Å². The highest BCUT2D eigenvalue weighted by molar-refractivity contribution is 7.17. The van der Waals surface area contributed by atoms with Crippen molar-refractivity contribution in [3.63, 3.8) is 0 Å². The summed E-state index contributed by atoms with van der Waals surface area (Å²) >= 11 is 1.45. The Morgan fingerprint density at radius 1 is 1.28 bits per heavy atom. The van der Waals surface area contributed by atoms with E-state index in [4.69, 9.17) is 9.47 Å². The van der Waals surface area contributed by atoms with Crippen LogP contribution in [-0.4, -0.2) is 44.1 Å². The van der Waals surface area contributed by atoms with Crippen molar-refractivity contribution in [2.24, 2.45) is 0 Å². The Morgan fingerprint density at radius 2 is 2.09 bits per heavy atom. The van der Waals surface area contributed by atoms with E-state index in [2.05, 4.69) is 16.0 Å². The molecule has 2 heterocycles. The molecule has 4 rings (SSSR count). The minimum Gasteiger partial charge on any atom is -0.478 e. The van der Waals surface area contributed by atoms with Gasteiger partial charge < -0.3 is 25.4 Å². The maximum atomic E-state index is 12.9. The molecule has 2 aliphatic rings. The molecule has 8 nitrogen and oxygen atoms in total. The fourth-order valence-corrected chi connectivity index (χ4v) is 5.30. The first kappa shape index (κ1) is 22.3. The molecule has 3 N–H and O–H groups in total. The van der Waals surface area contributed by atoms with E-state index in [0.717, 1.165) is 41.7 Å². The molecule has 1 aromatic carbocycles. The maximum absolute atomic E-state index is 12.9. The van der Waals surface area contributed by atoms with Crippen LogP contribution in [0.15, 0.2) is 18.2 Å². The molecule has 1 aliphatic heterocycles. The first-order valence-electron chi connectivity index (χ1n) is 10.8. The summed E-state index contributed by atoms with van der Waals surface area (Å²) in [5.74, 6) is -0.406. The lowest BCUT2D eigenvalue weighted by molar-refractivity contribution is -0.128. The van der Waals surface area contributed by atoms with E-state index < -0.39 is 6.10 Å². The maximum Gasteiger partial charge on any atom is 0.266 e. The van der Waals surface area contributed by atoms with Crippen molar-refractivity contribution in [2.75, 3.05) is 30.9 Å². The average Bonchev–Trinajstić information content (AvgIpc) is 3.12. The van der Waals surface area contributed by atoms with Crippen LogP contribution in [0.3, 0.4) is 0 Å². The van der Waals surface area contributed by atoms with Crippen LogP contribution in [-0.2, 0) is 27.2 Å². The molecule has 2 aromatic rings. The summed E-state index contributed by atoms with van der Waals surface area (Å²) < 4.78 is 10.8. The first-order valence-corrected chi connectivity index (χ1v) is 11.6. The molecule has 0 spiro atoms. The molecule has 9 heteroatoms. The predicted octanol–water partition coefficient (Wildman–Crippen LogP) is 3.04. The van der Waals surface area contributed by atoms with Crippen molar-refractivity contribution in [3.05, 3.63) is 39.8 Å². The van der Waals surface area contributed by atoms with Gasteiger partial charge in [0, 0.05) is 18.5 Å². The van der Waals surface area contributed by atoms with Gasteiger partial charge in [0.05, 0.1) is 24.3 Å². The Labute approximate surface area is 190 Å². The molecule has 1 unspecified atom stereocenters. The summed E-state index contributed by atoms with van der Waals surface area (Å²) in [4.78, 5) is 39.3. The highest BCUT2D eigenvalue weighted by atomic mass is 32.1. The molecule has 1 atom stereocenters. The Balaban J connectivity index is 1.48. The van der Waals surface area contributed by atoms with Crippen LogP contribution < -0.4 is 20.7 Å². The number of amides is 3. The number of hydrogen-bond acceptors (Lipinski definition) is 6. The van der Waals surface area contributed by atoms with Crippen LogP contribution in [0.25, 0.3) is 0 Å². The SMILES string of the molecule is COCCNC(=O)c1c(NC(=O)CC2Oc3ccc(C)cc3NC2=O)sc2c1CCCC2. The Kier molecular flexibility index (Phi) is 6.76. The van der Waals surface area contributed by atoms with Gasteiger partial charge in [-0.1, -0.05) is 6.07 Å². The fourth-order valence-electron chi connectivity index (χ4n) is 3.99. The van der Waals surface area contributed by atoms with Gasteiger partial charge in [0.25, 0.3) is 11.8 Å². The lowest BCUT2D eigenvalue weighted by Gasteiger charge is -2.25. The molecule has 170 valence electrons. The van der Waals surface area contributed by atoms with Gasteiger partial charge >= 0.3 is 0 Å². The summed E-state index contributed by atoms with van der Waals surface area (Å²) in [6.45, 7) is 2.73. The van der Waals surface area contributed by atoms with E-state index in [-0.39, 0.29) is 24.1 Å². The number of thiophene rings is 1. The smallest absolute Gasteiger partial charge is 0.266 e. The second kappa shape index (κ2) is 9.70. The van der Waals surface area contributed by atoms with Gasteiger partial charge in [0.2, 0.25) is 5.91 Å². The number of rotatable bonds is 7. The molecule has 0 fully saturated rings. The fraction of sp³-hybridized carbons (Fsp3) is 0.435. The van der Waals surface area contributed by atoms with E-state index in [1.807, 2.05) is 19.1 Å². The van der Waals surface area contributed by atoms with Crippen molar-refractivity contribution < 1.29 is 23.9 Å². The lowest BCUT2D eigenvalue weighted by Crippen LogP contribution is -2.39. The van der Waals surface area contributed by atoms with Gasteiger partial charge in [-0.25, -0.2) is 0 Å². The van der Waals surface area contributed by atoms with E-state index in [9.17, 15) is 14.4 Å². The minimum atomic E-state index is -0.932. The molecule has 0 saturated heterocycles. The molecule has 32 heavy (non-hydrogen) atoms. The summed E-state index contributed by atoms with van der Waals surface area (Å²) in [7, 11) is 1.58. The average molecular weight is 458 g/mol. The molecular weight excluding hydrogens is 430 g/mol.